The third-order valence-electron chi connectivity index (χ3n) is 3.93. The van der Waals surface area contributed by atoms with Gasteiger partial charge in [-0.1, -0.05) is 12.1 Å². The number of hydrogen-bond donors (Lipinski definition) is 0. The number of aromatic nitrogens is 1. The molecular weight excluding hydrogens is 306 g/mol. The lowest BCUT2D eigenvalue weighted by Crippen LogP contribution is -2.03. The molecule has 2 aromatic carbocycles. The molecule has 0 radical (unpaired) electrons. The number of non-ortho nitro benzene ring substituents is 1. The van der Waals surface area contributed by atoms with E-state index in [9.17, 15) is 14.9 Å². The predicted octanol–water partition coefficient (Wildman–Crippen LogP) is 3.38. The number of nitriles is 1. The van der Waals surface area contributed by atoms with E-state index in [4.69, 9.17) is 5.26 Å². The molecule has 1 aromatic heterocycles. The highest BCUT2D eigenvalue weighted by atomic mass is 16.6. The molecule has 118 valence electrons. The van der Waals surface area contributed by atoms with Crippen LogP contribution in [-0.2, 0) is 13.5 Å². The van der Waals surface area contributed by atoms with Gasteiger partial charge in [0.15, 0.2) is 5.78 Å². The molecule has 0 atom stereocenters. The minimum atomic E-state index is -0.471. The van der Waals surface area contributed by atoms with Crippen molar-refractivity contribution >= 4 is 22.4 Å². The summed E-state index contributed by atoms with van der Waals surface area (Å²) < 4.78 is 1.78. The number of hydrogen-bond acceptors (Lipinski definition) is 4. The molecule has 3 rings (SSSR count). The Kier molecular flexibility index (Phi) is 3.84. The monoisotopic (exact) mass is 319 g/mol. The van der Waals surface area contributed by atoms with Gasteiger partial charge in [-0.3, -0.25) is 14.9 Å². The molecule has 24 heavy (non-hydrogen) atoms. The number of nitro benzene ring substituents is 1. The first kappa shape index (κ1) is 15.4. The van der Waals surface area contributed by atoms with E-state index in [0.717, 1.165) is 11.1 Å². The summed E-state index contributed by atoms with van der Waals surface area (Å²) in [5.74, 6) is -0.120. The van der Waals surface area contributed by atoms with E-state index in [2.05, 4.69) is 0 Å². The second-order valence-electron chi connectivity index (χ2n) is 5.52. The summed E-state index contributed by atoms with van der Waals surface area (Å²) in [6, 6.07) is 13.3. The van der Waals surface area contributed by atoms with Crippen LogP contribution in [0.25, 0.3) is 10.9 Å². The minimum Gasteiger partial charge on any atom is -0.350 e. The molecule has 6 heteroatoms. The van der Waals surface area contributed by atoms with Crippen LogP contribution >= 0.6 is 0 Å². The van der Waals surface area contributed by atoms with E-state index < -0.39 is 4.92 Å². The molecule has 0 bridgehead atoms. The summed E-state index contributed by atoms with van der Waals surface area (Å²) in [5, 5.41) is 20.4. The maximum Gasteiger partial charge on any atom is 0.270 e. The Morgan fingerprint density at radius 2 is 1.96 bits per heavy atom. The highest BCUT2D eigenvalue weighted by Gasteiger charge is 2.17. The fraction of sp³-hybridized carbons (Fsp3) is 0.111. The molecule has 0 N–H and O–H groups in total. The van der Waals surface area contributed by atoms with Crippen LogP contribution in [0.5, 0.6) is 0 Å². The van der Waals surface area contributed by atoms with Gasteiger partial charge in [-0.05, 0) is 23.8 Å². The molecule has 0 amide bonds. The van der Waals surface area contributed by atoms with Crippen LogP contribution in [0, 0.1) is 21.4 Å². The second kappa shape index (κ2) is 5.97. The van der Waals surface area contributed by atoms with Gasteiger partial charge in [0.2, 0.25) is 0 Å². The van der Waals surface area contributed by atoms with Gasteiger partial charge >= 0.3 is 0 Å². The number of ketones is 1. The predicted molar refractivity (Wildman–Crippen MR) is 88.8 cm³/mol. The number of nitrogens with zero attached hydrogens (tertiary/aromatic N) is 3. The molecule has 1 heterocycles. The number of benzene rings is 2. The van der Waals surface area contributed by atoms with Crippen LogP contribution in [0.3, 0.4) is 0 Å². The first-order valence-electron chi connectivity index (χ1n) is 7.25. The Morgan fingerprint density at radius 1 is 1.25 bits per heavy atom. The van der Waals surface area contributed by atoms with Gasteiger partial charge in [0.05, 0.1) is 16.6 Å². The number of fused-ring (bicyclic) bond motifs is 1. The van der Waals surface area contributed by atoms with Gasteiger partial charge in [0.25, 0.3) is 5.69 Å². The molecule has 0 saturated heterocycles. The Balaban J connectivity index is 1.98. The van der Waals surface area contributed by atoms with Crippen LogP contribution in [0.15, 0.2) is 48.7 Å². The number of Topliss-reactive ketones (excluding diaryl/α,β-unsaturated/α-hetero) is 1. The Bertz CT molecular complexity index is 995. The maximum absolute atomic E-state index is 12.6. The molecular formula is C18H13N3O3. The zero-order valence-corrected chi connectivity index (χ0v) is 12.9. The van der Waals surface area contributed by atoms with E-state index in [1.54, 1.807) is 48.1 Å². The molecule has 6 nitrogen and oxygen atoms in total. The third-order valence-corrected chi connectivity index (χ3v) is 3.93. The zero-order chi connectivity index (χ0) is 17.3. The van der Waals surface area contributed by atoms with Crippen molar-refractivity contribution in [3.63, 3.8) is 0 Å². The summed E-state index contributed by atoms with van der Waals surface area (Å²) in [6.45, 7) is 0. The summed E-state index contributed by atoms with van der Waals surface area (Å²) in [6.07, 6.45) is 1.87. The van der Waals surface area contributed by atoms with Crippen molar-refractivity contribution in [3.8, 4) is 6.07 Å². The number of rotatable bonds is 4. The van der Waals surface area contributed by atoms with Crippen molar-refractivity contribution in [1.82, 2.24) is 4.57 Å². The first-order chi connectivity index (χ1) is 11.5. The van der Waals surface area contributed by atoms with Crippen LogP contribution in [-0.4, -0.2) is 15.3 Å². The summed E-state index contributed by atoms with van der Waals surface area (Å²) >= 11 is 0. The number of nitro groups is 1. The first-order valence-corrected chi connectivity index (χ1v) is 7.25. The fourth-order valence-corrected chi connectivity index (χ4v) is 2.69. The normalized spacial score (nSPS) is 10.5. The zero-order valence-electron chi connectivity index (χ0n) is 12.9. The molecule has 0 spiro atoms. The SMILES string of the molecule is Cn1cc(C(=O)Cc2ccc(C#N)cc2)c2cc([N+](=O)[O-])ccc21. The van der Waals surface area contributed by atoms with Crippen LogP contribution in [0.2, 0.25) is 0 Å². The lowest BCUT2D eigenvalue weighted by Gasteiger charge is -2.01. The molecule has 3 aromatic rings. The van der Waals surface area contributed by atoms with Crippen molar-refractivity contribution < 1.29 is 9.72 Å². The van der Waals surface area contributed by atoms with E-state index in [-0.39, 0.29) is 17.9 Å². The summed E-state index contributed by atoms with van der Waals surface area (Å²) in [4.78, 5) is 23.1. The Morgan fingerprint density at radius 3 is 2.58 bits per heavy atom. The van der Waals surface area contributed by atoms with E-state index in [1.807, 2.05) is 6.07 Å². The highest BCUT2D eigenvalue weighted by Crippen LogP contribution is 2.26. The topological polar surface area (TPSA) is 88.9 Å². The average molecular weight is 319 g/mol. The lowest BCUT2D eigenvalue weighted by molar-refractivity contribution is -0.384. The summed E-state index contributed by atoms with van der Waals surface area (Å²) in [5.41, 5.74) is 2.51. The lowest BCUT2D eigenvalue weighted by atomic mass is 10.0. The molecule has 0 aliphatic rings. The maximum atomic E-state index is 12.6. The van der Waals surface area contributed by atoms with E-state index in [1.165, 1.54) is 12.1 Å². The van der Waals surface area contributed by atoms with E-state index >= 15 is 0 Å². The van der Waals surface area contributed by atoms with Gasteiger partial charge in [0.1, 0.15) is 0 Å². The van der Waals surface area contributed by atoms with Gasteiger partial charge in [-0.2, -0.15) is 5.26 Å². The molecule has 0 fully saturated rings. The van der Waals surface area contributed by atoms with Gasteiger partial charge in [0, 0.05) is 48.3 Å². The van der Waals surface area contributed by atoms with Gasteiger partial charge in [-0.15, -0.1) is 0 Å². The van der Waals surface area contributed by atoms with Crippen LogP contribution in [0.4, 0.5) is 5.69 Å². The minimum absolute atomic E-state index is 0.0406. The molecule has 0 aliphatic carbocycles. The molecule has 0 unspecified atom stereocenters. The quantitative estimate of drug-likeness (QED) is 0.419. The van der Waals surface area contributed by atoms with Crippen molar-refractivity contribution in [3.05, 3.63) is 75.5 Å². The number of aryl methyl sites for hydroxylation is 1. The number of carbonyl (C=O) groups excluding carboxylic acids is 1. The van der Waals surface area contributed by atoms with Crippen molar-refractivity contribution in [2.75, 3.05) is 0 Å². The second-order valence-corrected chi connectivity index (χ2v) is 5.52. The smallest absolute Gasteiger partial charge is 0.270 e. The summed E-state index contributed by atoms with van der Waals surface area (Å²) in [7, 11) is 1.80. The largest absolute Gasteiger partial charge is 0.350 e. The highest BCUT2D eigenvalue weighted by molar-refractivity contribution is 6.09. The van der Waals surface area contributed by atoms with Crippen molar-refractivity contribution in [1.29, 1.82) is 5.26 Å². The fourth-order valence-electron chi connectivity index (χ4n) is 2.69. The van der Waals surface area contributed by atoms with Crippen molar-refractivity contribution in [2.24, 2.45) is 7.05 Å². The molecule has 0 aliphatic heterocycles. The van der Waals surface area contributed by atoms with E-state index in [0.29, 0.717) is 16.5 Å². The van der Waals surface area contributed by atoms with Gasteiger partial charge < -0.3 is 4.57 Å². The Labute approximate surface area is 137 Å². The number of carbonyl (C=O) groups is 1. The standard InChI is InChI=1S/C18H13N3O3/c1-20-11-16(15-9-14(21(23)24)6-7-17(15)20)18(22)8-12-2-4-13(10-19)5-3-12/h2-7,9,11H,8H2,1H3. The van der Waals surface area contributed by atoms with Crippen LogP contribution < -0.4 is 0 Å². The van der Waals surface area contributed by atoms with Gasteiger partial charge in [-0.25, -0.2) is 0 Å². The average Bonchev–Trinajstić information content (AvgIpc) is 2.92. The Hall–Kier alpha value is -3.46. The molecule has 0 saturated carbocycles. The van der Waals surface area contributed by atoms with Crippen LogP contribution in [0.1, 0.15) is 21.5 Å². The van der Waals surface area contributed by atoms with Crippen molar-refractivity contribution in [2.45, 2.75) is 6.42 Å². The third kappa shape index (κ3) is 2.75.